The molecular formula is C18H15N3O3. The minimum atomic E-state index is -0.545. The van der Waals surface area contributed by atoms with Gasteiger partial charge in [0.15, 0.2) is 6.10 Å². The van der Waals surface area contributed by atoms with E-state index in [0.717, 1.165) is 5.56 Å². The molecule has 6 heteroatoms. The van der Waals surface area contributed by atoms with E-state index in [1.165, 1.54) is 0 Å². The predicted molar refractivity (Wildman–Crippen MR) is 87.5 cm³/mol. The molecule has 1 aliphatic rings. The molecule has 1 atom stereocenters. The van der Waals surface area contributed by atoms with Crippen LogP contribution in [0.1, 0.15) is 12.8 Å². The number of aromatic nitrogens is 2. The third-order valence-electron chi connectivity index (χ3n) is 3.87. The Balaban J connectivity index is 1.64. The molecule has 0 aliphatic carbocycles. The fourth-order valence-electron chi connectivity index (χ4n) is 2.68. The lowest BCUT2D eigenvalue weighted by Gasteiger charge is -2.31. The first-order valence-electron chi connectivity index (χ1n) is 7.67. The Morgan fingerprint density at radius 1 is 1.08 bits per heavy atom. The number of carbonyl (C=O) groups excluding carboxylic acids is 1. The number of nitrogens with zero attached hydrogens (tertiary/aromatic N) is 3. The molecule has 2 aromatic carbocycles. The van der Waals surface area contributed by atoms with Crippen molar-refractivity contribution in [3.8, 4) is 17.1 Å². The molecule has 6 nitrogen and oxygen atoms in total. The summed E-state index contributed by atoms with van der Waals surface area (Å²) in [6.07, 6.45) is -0.545. The van der Waals surface area contributed by atoms with E-state index in [1.54, 1.807) is 11.8 Å². The van der Waals surface area contributed by atoms with E-state index >= 15 is 0 Å². The maximum absolute atomic E-state index is 12.5. The molecule has 0 radical (unpaired) electrons. The van der Waals surface area contributed by atoms with Gasteiger partial charge in [-0.3, -0.25) is 9.69 Å². The molecule has 0 unspecified atom stereocenters. The Kier molecular flexibility index (Phi) is 3.49. The number of amides is 1. The molecule has 0 fully saturated rings. The molecule has 2 heterocycles. The summed E-state index contributed by atoms with van der Waals surface area (Å²) in [5, 5.41) is 4.00. The Labute approximate surface area is 138 Å². The van der Waals surface area contributed by atoms with Crippen LogP contribution in [0.15, 0.2) is 59.1 Å². The van der Waals surface area contributed by atoms with E-state index in [-0.39, 0.29) is 12.5 Å². The number of anilines is 1. The van der Waals surface area contributed by atoms with Gasteiger partial charge in [-0.2, -0.15) is 4.98 Å². The maximum Gasteiger partial charge on any atom is 0.268 e. The van der Waals surface area contributed by atoms with Crippen LogP contribution < -0.4 is 9.64 Å². The number of ether oxygens (including phenoxy) is 1. The van der Waals surface area contributed by atoms with Gasteiger partial charge in [-0.1, -0.05) is 47.6 Å². The van der Waals surface area contributed by atoms with Crippen molar-refractivity contribution in [2.24, 2.45) is 0 Å². The molecule has 1 amide bonds. The molecule has 1 aliphatic heterocycles. The van der Waals surface area contributed by atoms with Crippen LogP contribution in [0.25, 0.3) is 11.4 Å². The highest BCUT2D eigenvalue weighted by atomic mass is 16.5. The van der Waals surface area contributed by atoms with Crippen molar-refractivity contribution in [2.75, 3.05) is 4.90 Å². The van der Waals surface area contributed by atoms with E-state index in [2.05, 4.69) is 10.1 Å². The van der Waals surface area contributed by atoms with Gasteiger partial charge in [0, 0.05) is 5.56 Å². The Hall–Kier alpha value is -3.15. The summed E-state index contributed by atoms with van der Waals surface area (Å²) in [6.45, 7) is 1.94. The van der Waals surface area contributed by atoms with Crippen LogP contribution in [-0.4, -0.2) is 22.2 Å². The highest BCUT2D eigenvalue weighted by Gasteiger charge is 2.32. The van der Waals surface area contributed by atoms with Crippen LogP contribution in [0.4, 0.5) is 5.69 Å². The number of para-hydroxylation sites is 2. The monoisotopic (exact) mass is 321 g/mol. The summed E-state index contributed by atoms with van der Waals surface area (Å²) in [5.41, 5.74) is 1.58. The Bertz CT molecular complexity index is 876. The maximum atomic E-state index is 12.5. The summed E-state index contributed by atoms with van der Waals surface area (Å²) in [6, 6.07) is 17.0. The van der Waals surface area contributed by atoms with E-state index in [1.807, 2.05) is 54.6 Å². The van der Waals surface area contributed by atoms with E-state index in [9.17, 15) is 4.79 Å². The Morgan fingerprint density at radius 2 is 1.83 bits per heavy atom. The summed E-state index contributed by atoms with van der Waals surface area (Å²) >= 11 is 0. The molecule has 4 rings (SSSR count). The van der Waals surface area contributed by atoms with E-state index in [0.29, 0.717) is 23.2 Å². The van der Waals surface area contributed by atoms with Gasteiger partial charge in [-0.05, 0) is 19.1 Å². The first-order valence-corrected chi connectivity index (χ1v) is 7.67. The van der Waals surface area contributed by atoms with Crippen LogP contribution >= 0.6 is 0 Å². The standard InChI is InChI=1S/C18H15N3O3/c1-12-18(22)21(14-9-5-6-10-15(14)23-12)11-16-19-17(20-24-16)13-7-3-2-4-8-13/h2-10,12H,11H2,1H3/t12-/m1/s1. The second-order valence-electron chi connectivity index (χ2n) is 5.53. The summed E-state index contributed by atoms with van der Waals surface area (Å²) in [7, 11) is 0. The van der Waals surface area contributed by atoms with Gasteiger partial charge < -0.3 is 9.26 Å². The molecule has 0 saturated heterocycles. The van der Waals surface area contributed by atoms with E-state index in [4.69, 9.17) is 9.26 Å². The molecule has 0 bridgehead atoms. The molecule has 0 saturated carbocycles. The smallest absolute Gasteiger partial charge is 0.268 e. The van der Waals surface area contributed by atoms with Crippen molar-refractivity contribution in [1.82, 2.24) is 10.1 Å². The summed E-state index contributed by atoms with van der Waals surface area (Å²) in [4.78, 5) is 18.5. The molecule has 3 aromatic rings. The Morgan fingerprint density at radius 3 is 2.67 bits per heavy atom. The normalized spacial score (nSPS) is 16.6. The highest BCUT2D eigenvalue weighted by Crippen LogP contribution is 2.34. The van der Waals surface area contributed by atoms with Crippen molar-refractivity contribution in [3.63, 3.8) is 0 Å². The van der Waals surface area contributed by atoms with Crippen LogP contribution in [0.2, 0.25) is 0 Å². The number of hydrogen-bond donors (Lipinski definition) is 0. The van der Waals surface area contributed by atoms with Crippen molar-refractivity contribution < 1.29 is 14.1 Å². The minimum Gasteiger partial charge on any atom is -0.479 e. The zero-order chi connectivity index (χ0) is 16.5. The van der Waals surface area contributed by atoms with Crippen molar-refractivity contribution in [2.45, 2.75) is 19.6 Å². The summed E-state index contributed by atoms with van der Waals surface area (Å²) < 4.78 is 11.0. The third-order valence-corrected chi connectivity index (χ3v) is 3.87. The number of hydrogen-bond acceptors (Lipinski definition) is 5. The lowest BCUT2D eigenvalue weighted by atomic mass is 10.2. The minimum absolute atomic E-state index is 0.131. The second kappa shape index (κ2) is 5.81. The molecule has 120 valence electrons. The zero-order valence-electron chi connectivity index (χ0n) is 13.0. The van der Waals surface area contributed by atoms with Gasteiger partial charge in [0.1, 0.15) is 12.3 Å². The van der Waals surface area contributed by atoms with Gasteiger partial charge in [0.05, 0.1) is 5.69 Å². The topological polar surface area (TPSA) is 68.5 Å². The van der Waals surface area contributed by atoms with Gasteiger partial charge in [0.25, 0.3) is 5.91 Å². The van der Waals surface area contributed by atoms with E-state index < -0.39 is 6.10 Å². The van der Waals surface area contributed by atoms with Crippen LogP contribution in [0.5, 0.6) is 5.75 Å². The number of rotatable bonds is 3. The van der Waals surface area contributed by atoms with Crippen LogP contribution in [0.3, 0.4) is 0 Å². The zero-order valence-corrected chi connectivity index (χ0v) is 13.0. The van der Waals surface area contributed by atoms with Crippen molar-refractivity contribution in [3.05, 3.63) is 60.5 Å². The lowest BCUT2D eigenvalue weighted by molar-refractivity contribution is -0.125. The van der Waals surface area contributed by atoms with Crippen LogP contribution in [0, 0.1) is 0 Å². The predicted octanol–water partition coefficient (Wildman–Crippen LogP) is 3.05. The van der Waals surface area contributed by atoms with Crippen molar-refractivity contribution >= 4 is 11.6 Å². The second-order valence-corrected chi connectivity index (χ2v) is 5.53. The largest absolute Gasteiger partial charge is 0.479 e. The first kappa shape index (κ1) is 14.4. The van der Waals surface area contributed by atoms with Gasteiger partial charge in [-0.15, -0.1) is 0 Å². The highest BCUT2D eigenvalue weighted by molar-refractivity contribution is 5.99. The SMILES string of the molecule is C[C@H]1Oc2ccccc2N(Cc2nc(-c3ccccc3)no2)C1=O. The number of benzene rings is 2. The fourth-order valence-corrected chi connectivity index (χ4v) is 2.68. The third kappa shape index (κ3) is 2.52. The molecule has 24 heavy (non-hydrogen) atoms. The van der Waals surface area contributed by atoms with Gasteiger partial charge in [-0.25, -0.2) is 0 Å². The van der Waals surface area contributed by atoms with Gasteiger partial charge >= 0.3 is 0 Å². The lowest BCUT2D eigenvalue weighted by Crippen LogP contribution is -2.44. The number of fused-ring (bicyclic) bond motifs is 1. The fraction of sp³-hybridized carbons (Fsp3) is 0.167. The average Bonchev–Trinajstić information content (AvgIpc) is 3.08. The number of carbonyl (C=O) groups is 1. The van der Waals surface area contributed by atoms with Gasteiger partial charge in [0.2, 0.25) is 11.7 Å². The molecule has 1 aromatic heterocycles. The van der Waals surface area contributed by atoms with Crippen molar-refractivity contribution in [1.29, 1.82) is 0 Å². The van der Waals surface area contributed by atoms with Crippen LogP contribution in [-0.2, 0) is 11.3 Å². The molecular weight excluding hydrogens is 306 g/mol. The molecule has 0 spiro atoms. The summed E-state index contributed by atoms with van der Waals surface area (Å²) in [5.74, 6) is 1.43. The quantitative estimate of drug-likeness (QED) is 0.741. The first-order chi connectivity index (χ1) is 11.7. The molecule has 0 N–H and O–H groups in total. The average molecular weight is 321 g/mol.